The fourth-order valence-corrected chi connectivity index (χ4v) is 9.00. The second-order valence-corrected chi connectivity index (χ2v) is 13.8. The molecule has 2 heteroatoms. The van der Waals surface area contributed by atoms with Crippen molar-refractivity contribution in [3.63, 3.8) is 0 Å². The molecule has 3 aliphatic rings. The molecular formula is C46H34N2. The van der Waals surface area contributed by atoms with Crippen molar-refractivity contribution in [3.8, 4) is 22.3 Å². The van der Waals surface area contributed by atoms with Gasteiger partial charge in [-0.1, -0.05) is 135 Å². The van der Waals surface area contributed by atoms with E-state index in [-0.39, 0.29) is 5.41 Å². The molecule has 1 spiro atoms. The lowest BCUT2D eigenvalue weighted by Gasteiger charge is -2.45. The van der Waals surface area contributed by atoms with Gasteiger partial charge < -0.3 is 10.2 Å². The smallest absolute Gasteiger partial charge is 0.0754 e. The Morgan fingerprint density at radius 3 is 1.62 bits per heavy atom. The molecule has 7 aromatic rings. The summed E-state index contributed by atoms with van der Waals surface area (Å²) in [6.07, 6.45) is 0. The number of fused-ring (bicyclic) bond motifs is 12. The van der Waals surface area contributed by atoms with Crippen LogP contribution in [0.1, 0.15) is 47.2 Å². The standard InChI is InChI=1S/C46H34N2/c1-45(2)37-19-9-6-18-35(37)36-29-32(25-27-38(36)45)48-43-23-13-12-22-41(43)46(39-20-10-7-16-33(39)34-17-8-11-21-40(34)46)42-26-24-31(28-44(42)48)47-30-14-4-3-5-15-30/h3-29,47H,1-2H3. The average molecular weight is 615 g/mol. The monoisotopic (exact) mass is 614 g/mol. The number of nitrogens with one attached hydrogen (secondary N) is 1. The van der Waals surface area contributed by atoms with Gasteiger partial charge in [-0.3, -0.25) is 0 Å². The summed E-state index contributed by atoms with van der Waals surface area (Å²) in [5.41, 5.74) is 18.5. The topological polar surface area (TPSA) is 15.3 Å². The molecular weight excluding hydrogens is 581 g/mol. The second kappa shape index (κ2) is 9.82. The predicted octanol–water partition coefficient (Wildman–Crippen LogP) is 11.9. The van der Waals surface area contributed by atoms with Crippen LogP contribution in [-0.2, 0) is 10.8 Å². The number of anilines is 5. The molecule has 0 radical (unpaired) electrons. The summed E-state index contributed by atoms with van der Waals surface area (Å²) >= 11 is 0. The van der Waals surface area contributed by atoms with E-state index in [1.165, 1.54) is 72.7 Å². The van der Waals surface area contributed by atoms with Gasteiger partial charge in [0.2, 0.25) is 0 Å². The van der Waals surface area contributed by atoms with E-state index >= 15 is 0 Å². The van der Waals surface area contributed by atoms with Crippen LogP contribution in [-0.4, -0.2) is 0 Å². The third-order valence-electron chi connectivity index (χ3n) is 11.0. The van der Waals surface area contributed by atoms with E-state index in [0.717, 1.165) is 11.4 Å². The fraction of sp³-hybridized carbons (Fsp3) is 0.0870. The van der Waals surface area contributed by atoms with Gasteiger partial charge in [0.1, 0.15) is 0 Å². The lowest BCUT2D eigenvalue weighted by Crippen LogP contribution is -2.36. The molecule has 1 aliphatic heterocycles. The van der Waals surface area contributed by atoms with Crippen LogP contribution in [0.25, 0.3) is 22.3 Å². The highest BCUT2D eigenvalue weighted by molar-refractivity contribution is 5.97. The minimum atomic E-state index is -0.452. The molecule has 48 heavy (non-hydrogen) atoms. The Morgan fingerprint density at radius 2 is 0.917 bits per heavy atom. The van der Waals surface area contributed by atoms with Gasteiger partial charge in [-0.2, -0.15) is 0 Å². The SMILES string of the molecule is CC1(C)c2ccccc2-c2cc(N3c4ccccc4C4(c5ccccc5-c5ccccc54)c4ccc(Nc5ccccc5)cc43)ccc21. The lowest BCUT2D eigenvalue weighted by molar-refractivity contribution is 0.660. The summed E-state index contributed by atoms with van der Waals surface area (Å²) in [6.45, 7) is 4.70. The van der Waals surface area contributed by atoms with Crippen molar-refractivity contribution < 1.29 is 0 Å². The second-order valence-electron chi connectivity index (χ2n) is 13.8. The Balaban J connectivity index is 1.27. The van der Waals surface area contributed by atoms with Crippen LogP contribution in [0.15, 0.2) is 164 Å². The lowest BCUT2D eigenvalue weighted by atomic mass is 9.64. The maximum absolute atomic E-state index is 3.71. The van der Waals surface area contributed by atoms with Gasteiger partial charge >= 0.3 is 0 Å². The summed E-state index contributed by atoms with van der Waals surface area (Å²) < 4.78 is 0. The van der Waals surface area contributed by atoms with Crippen molar-refractivity contribution >= 4 is 28.4 Å². The number of nitrogens with zero attached hydrogens (tertiary/aromatic N) is 1. The Bertz CT molecular complexity index is 2370. The van der Waals surface area contributed by atoms with E-state index in [2.05, 4.69) is 188 Å². The third-order valence-corrected chi connectivity index (χ3v) is 11.0. The van der Waals surface area contributed by atoms with Crippen molar-refractivity contribution in [2.75, 3.05) is 10.2 Å². The molecule has 0 aromatic heterocycles. The summed E-state index contributed by atoms with van der Waals surface area (Å²) in [5, 5.41) is 3.71. The van der Waals surface area contributed by atoms with Crippen molar-refractivity contribution in [3.05, 3.63) is 197 Å². The van der Waals surface area contributed by atoms with Gasteiger partial charge in [0.25, 0.3) is 0 Å². The molecule has 1 heterocycles. The summed E-state index contributed by atoms with van der Waals surface area (Å²) in [5.74, 6) is 0. The largest absolute Gasteiger partial charge is 0.355 e. The zero-order valence-electron chi connectivity index (χ0n) is 27.0. The molecule has 0 fully saturated rings. The molecule has 2 nitrogen and oxygen atoms in total. The van der Waals surface area contributed by atoms with Gasteiger partial charge in [0, 0.05) is 22.5 Å². The molecule has 0 bridgehead atoms. The average Bonchev–Trinajstić information content (AvgIpc) is 3.55. The van der Waals surface area contributed by atoms with Crippen molar-refractivity contribution in [2.24, 2.45) is 0 Å². The van der Waals surface area contributed by atoms with Crippen molar-refractivity contribution in [1.82, 2.24) is 0 Å². The van der Waals surface area contributed by atoms with Crippen LogP contribution in [0, 0.1) is 0 Å². The predicted molar refractivity (Wildman–Crippen MR) is 199 cm³/mol. The van der Waals surface area contributed by atoms with Gasteiger partial charge in [-0.15, -0.1) is 0 Å². The number of benzene rings is 7. The number of hydrogen-bond donors (Lipinski definition) is 1. The van der Waals surface area contributed by atoms with E-state index < -0.39 is 5.41 Å². The minimum absolute atomic E-state index is 0.0454. The van der Waals surface area contributed by atoms with E-state index in [1.54, 1.807) is 0 Å². The normalized spacial score (nSPS) is 15.2. The van der Waals surface area contributed by atoms with Gasteiger partial charge in [0.15, 0.2) is 0 Å². The fourth-order valence-electron chi connectivity index (χ4n) is 9.00. The number of rotatable bonds is 3. The highest BCUT2D eigenvalue weighted by Gasteiger charge is 2.51. The first-order valence-electron chi connectivity index (χ1n) is 16.9. The zero-order chi connectivity index (χ0) is 32.0. The van der Waals surface area contributed by atoms with Crippen LogP contribution in [0.5, 0.6) is 0 Å². The Morgan fingerprint density at radius 1 is 0.396 bits per heavy atom. The highest BCUT2D eigenvalue weighted by Crippen LogP contribution is 2.64. The maximum atomic E-state index is 3.71. The Hall–Kier alpha value is -5.86. The van der Waals surface area contributed by atoms with Crippen LogP contribution < -0.4 is 10.2 Å². The maximum Gasteiger partial charge on any atom is 0.0754 e. The van der Waals surface area contributed by atoms with Gasteiger partial charge in [0.05, 0.1) is 16.8 Å². The molecule has 10 rings (SSSR count). The molecule has 0 atom stereocenters. The summed E-state index contributed by atoms with van der Waals surface area (Å²) in [4.78, 5) is 2.50. The summed E-state index contributed by atoms with van der Waals surface area (Å²) in [7, 11) is 0. The molecule has 2 aliphatic carbocycles. The Labute approximate surface area is 282 Å². The molecule has 0 unspecified atom stereocenters. The highest BCUT2D eigenvalue weighted by atomic mass is 15.2. The molecule has 1 N–H and O–H groups in total. The third kappa shape index (κ3) is 3.52. The Kier molecular flexibility index (Phi) is 5.58. The van der Waals surface area contributed by atoms with Crippen LogP contribution in [0.3, 0.4) is 0 Å². The number of para-hydroxylation sites is 2. The van der Waals surface area contributed by atoms with Crippen molar-refractivity contribution in [2.45, 2.75) is 24.7 Å². The minimum Gasteiger partial charge on any atom is -0.355 e. The van der Waals surface area contributed by atoms with E-state index in [4.69, 9.17) is 0 Å². The first kappa shape index (κ1) is 27.3. The van der Waals surface area contributed by atoms with Gasteiger partial charge in [-0.05, 0) is 98.1 Å². The van der Waals surface area contributed by atoms with Crippen molar-refractivity contribution in [1.29, 1.82) is 0 Å². The molecule has 228 valence electrons. The molecule has 7 aromatic carbocycles. The quantitative estimate of drug-likeness (QED) is 0.213. The molecule has 0 saturated heterocycles. The van der Waals surface area contributed by atoms with Gasteiger partial charge in [-0.25, -0.2) is 0 Å². The summed E-state index contributed by atoms with van der Waals surface area (Å²) in [6, 6.07) is 60.6. The van der Waals surface area contributed by atoms with Crippen LogP contribution in [0.2, 0.25) is 0 Å². The van der Waals surface area contributed by atoms with E-state index in [1.807, 2.05) is 0 Å². The molecule has 0 amide bonds. The zero-order valence-corrected chi connectivity index (χ0v) is 27.0. The van der Waals surface area contributed by atoms with E-state index in [0.29, 0.717) is 0 Å². The van der Waals surface area contributed by atoms with Crippen LogP contribution in [0.4, 0.5) is 28.4 Å². The first-order valence-corrected chi connectivity index (χ1v) is 16.9. The molecule has 0 saturated carbocycles. The first-order chi connectivity index (χ1) is 23.6. The van der Waals surface area contributed by atoms with Crippen LogP contribution >= 0.6 is 0 Å². The number of hydrogen-bond acceptors (Lipinski definition) is 2. The van der Waals surface area contributed by atoms with E-state index in [9.17, 15) is 0 Å².